The van der Waals surface area contributed by atoms with Gasteiger partial charge < -0.3 is 10.2 Å². The van der Waals surface area contributed by atoms with Gasteiger partial charge in [0.25, 0.3) is 0 Å². The van der Waals surface area contributed by atoms with Crippen molar-refractivity contribution in [1.29, 1.82) is 0 Å². The van der Waals surface area contributed by atoms with Crippen molar-refractivity contribution in [2.24, 2.45) is 0 Å². The average molecular weight is 235 g/mol. The first-order valence-corrected chi connectivity index (χ1v) is 5.89. The smallest absolute Gasteiger partial charge is 0.315 e. The van der Waals surface area contributed by atoms with Crippen LogP contribution >= 0.6 is 0 Å². The van der Waals surface area contributed by atoms with Crippen LogP contribution in [-0.4, -0.2) is 28.5 Å². The summed E-state index contributed by atoms with van der Waals surface area (Å²) in [6.45, 7) is 0.660. The second kappa shape index (κ2) is 4.85. The molecule has 1 heterocycles. The zero-order valence-corrected chi connectivity index (χ0v) is 9.60. The number of hydrogen-bond acceptors (Lipinski definition) is 3. The minimum Gasteiger partial charge on any atom is -0.481 e. The standard InChI is InChI=1S/C13H17NO3/c15-12(16)11(10-6-2-1-3-7-10)13(17)8-4-5-9-14-13/h1-3,6-7,11,14,17H,4-5,8-9H2,(H,15,16)/t11-,13+/m0/s1. The fraction of sp³-hybridized carbons (Fsp3) is 0.462. The molecule has 0 bridgehead atoms. The molecule has 1 aliphatic heterocycles. The number of carboxylic acid groups (broad SMARTS) is 1. The van der Waals surface area contributed by atoms with E-state index in [-0.39, 0.29) is 0 Å². The van der Waals surface area contributed by atoms with E-state index >= 15 is 0 Å². The molecule has 1 fully saturated rings. The molecule has 92 valence electrons. The molecular weight excluding hydrogens is 218 g/mol. The lowest BCUT2D eigenvalue weighted by molar-refractivity contribution is -0.149. The molecule has 0 radical (unpaired) electrons. The summed E-state index contributed by atoms with van der Waals surface area (Å²) in [5.41, 5.74) is -0.692. The molecule has 0 saturated carbocycles. The molecule has 0 spiro atoms. The van der Waals surface area contributed by atoms with Gasteiger partial charge in [0.05, 0.1) is 0 Å². The van der Waals surface area contributed by atoms with Crippen LogP contribution in [0.1, 0.15) is 30.7 Å². The number of nitrogens with one attached hydrogen (secondary N) is 1. The monoisotopic (exact) mass is 235 g/mol. The summed E-state index contributed by atoms with van der Waals surface area (Å²) in [4.78, 5) is 11.4. The summed E-state index contributed by atoms with van der Waals surface area (Å²) in [5.74, 6) is -1.91. The highest BCUT2D eigenvalue weighted by atomic mass is 16.4. The quantitative estimate of drug-likeness (QED) is 0.739. The molecule has 1 aliphatic rings. The van der Waals surface area contributed by atoms with E-state index in [1.807, 2.05) is 6.07 Å². The third-order valence-electron chi connectivity index (χ3n) is 3.27. The highest BCUT2D eigenvalue weighted by Crippen LogP contribution is 2.32. The number of rotatable bonds is 3. The second-order valence-electron chi connectivity index (χ2n) is 4.49. The average Bonchev–Trinajstić information content (AvgIpc) is 2.30. The summed E-state index contributed by atoms with van der Waals surface area (Å²) in [7, 11) is 0. The van der Waals surface area contributed by atoms with Crippen LogP contribution in [0.25, 0.3) is 0 Å². The van der Waals surface area contributed by atoms with E-state index in [4.69, 9.17) is 0 Å². The number of carboxylic acids is 1. The highest BCUT2D eigenvalue weighted by molar-refractivity contribution is 5.77. The van der Waals surface area contributed by atoms with Crippen molar-refractivity contribution in [2.45, 2.75) is 30.9 Å². The van der Waals surface area contributed by atoms with Crippen LogP contribution in [0, 0.1) is 0 Å². The predicted octanol–water partition coefficient (Wildman–Crippen LogP) is 1.32. The molecule has 1 aromatic carbocycles. The topological polar surface area (TPSA) is 69.6 Å². The van der Waals surface area contributed by atoms with Crippen molar-refractivity contribution in [3.63, 3.8) is 0 Å². The fourth-order valence-corrected chi connectivity index (χ4v) is 2.43. The van der Waals surface area contributed by atoms with Gasteiger partial charge in [0.1, 0.15) is 11.6 Å². The van der Waals surface area contributed by atoms with Crippen molar-refractivity contribution in [2.75, 3.05) is 6.54 Å². The van der Waals surface area contributed by atoms with Gasteiger partial charge in [-0.15, -0.1) is 0 Å². The first-order chi connectivity index (χ1) is 8.13. The Morgan fingerprint density at radius 1 is 1.29 bits per heavy atom. The fourth-order valence-electron chi connectivity index (χ4n) is 2.43. The van der Waals surface area contributed by atoms with Crippen molar-refractivity contribution in [1.82, 2.24) is 5.32 Å². The van der Waals surface area contributed by atoms with Crippen LogP contribution in [0.15, 0.2) is 30.3 Å². The summed E-state index contributed by atoms with van der Waals surface area (Å²) in [6, 6.07) is 8.90. The molecule has 0 amide bonds. The Morgan fingerprint density at radius 2 is 2.00 bits per heavy atom. The van der Waals surface area contributed by atoms with Gasteiger partial charge in [-0.05, 0) is 31.4 Å². The Morgan fingerprint density at radius 3 is 2.53 bits per heavy atom. The van der Waals surface area contributed by atoms with Crippen molar-refractivity contribution < 1.29 is 15.0 Å². The van der Waals surface area contributed by atoms with Crippen LogP contribution < -0.4 is 5.32 Å². The van der Waals surface area contributed by atoms with E-state index in [2.05, 4.69) is 5.32 Å². The highest BCUT2D eigenvalue weighted by Gasteiger charge is 2.43. The Labute approximate surface area is 100 Å². The van der Waals surface area contributed by atoms with E-state index < -0.39 is 17.6 Å². The molecule has 0 unspecified atom stereocenters. The summed E-state index contributed by atoms with van der Waals surface area (Å²) in [6.07, 6.45) is 2.29. The van der Waals surface area contributed by atoms with E-state index in [9.17, 15) is 15.0 Å². The Bertz CT molecular complexity index is 385. The molecule has 2 rings (SSSR count). The maximum Gasteiger partial charge on any atom is 0.315 e. The van der Waals surface area contributed by atoms with Gasteiger partial charge in [0.15, 0.2) is 0 Å². The zero-order valence-electron chi connectivity index (χ0n) is 9.60. The molecule has 4 nitrogen and oxygen atoms in total. The van der Waals surface area contributed by atoms with Gasteiger partial charge in [0, 0.05) is 0 Å². The van der Waals surface area contributed by atoms with Crippen molar-refractivity contribution >= 4 is 5.97 Å². The van der Waals surface area contributed by atoms with E-state index in [0.717, 1.165) is 12.8 Å². The first-order valence-electron chi connectivity index (χ1n) is 5.89. The third-order valence-corrected chi connectivity index (χ3v) is 3.27. The first kappa shape index (κ1) is 12.1. The van der Waals surface area contributed by atoms with Gasteiger partial charge >= 0.3 is 5.97 Å². The lowest BCUT2D eigenvalue weighted by Gasteiger charge is -2.38. The number of aliphatic carboxylic acids is 1. The number of carbonyl (C=O) groups is 1. The minimum atomic E-state index is -1.33. The largest absolute Gasteiger partial charge is 0.481 e. The molecule has 3 N–H and O–H groups in total. The summed E-state index contributed by atoms with van der Waals surface area (Å²) >= 11 is 0. The number of aliphatic hydroxyl groups is 1. The van der Waals surface area contributed by atoms with Crippen LogP contribution in [0.2, 0.25) is 0 Å². The molecule has 0 aromatic heterocycles. The van der Waals surface area contributed by atoms with E-state index in [0.29, 0.717) is 18.5 Å². The van der Waals surface area contributed by atoms with Gasteiger partial charge in [-0.25, -0.2) is 0 Å². The van der Waals surface area contributed by atoms with Crippen molar-refractivity contribution in [3.8, 4) is 0 Å². The SMILES string of the molecule is O=C(O)[C@H](c1ccccc1)[C@]1(O)CCCCN1. The molecular formula is C13H17NO3. The molecule has 2 atom stereocenters. The molecule has 1 aromatic rings. The summed E-state index contributed by atoms with van der Waals surface area (Å²) in [5, 5.41) is 22.8. The number of piperidine rings is 1. The maximum atomic E-state index is 11.4. The van der Waals surface area contributed by atoms with Gasteiger partial charge in [-0.2, -0.15) is 0 Å². The Kier molecular flexibility index (Phi) is 3.45. The number of benzene rings is 1. The minimum absolute atomic E-state index is 0.471. The lowest BCUT2D eigenvalue weighted by Crippen LogP contribution is -2.55. The Balaban J connectivity index is 2.32. The normalized spacial score (nSPS) is 26.4. The maximum absolute atomic E-state index is 11.4. The molecule has 1 saturated heterocycles. The second-order valence-corrected chi connectivity index (χ2v) is 4.49. The molecule has 4 heteroatoms. The van der Waals surface area contributed by atoms with Crippen LogP contribution in [0.5, 0.6) is 0 Å². The van der Waals surface area contributed by atoms with E-state index in [1.165, 1.54) is 0 Å². The molecule has 0 aliphatic carbocycles. The van der Waals surface area contributed by atoms with Gasteiger partial charge in [-0.3, -0.25) is 10.1 Å². The van der Waals surface area contributed by atoms with Gasteiger partial charge in [-0.1, -0.05) is 30.3 Å². The molecule has 17 heavy (non-hydrogen) atoms. The van der Waals surface area contributed by atoms with Crippen LogP contribution in [-0.2, 0) is 4.79 Å². The van der Waals surface area contributed by atoms with Crippen molar-refractivity contribution in [3.05, 3.63) is 35.9 Å². The zero-order chi connectivity index (χ0) is 12.3. The number of hydrogen-bond donors (Lipinski definition) is 3. The van der Waals surface area contributed by atoms with Crippen LogP contribution in [0.3, 0.4) is 0 Å². The predicted molar refractivity (Wildman–Crippen MR) is 63.6 cm³/mol. The summed E-state index contributed by atoms with van der Waals surface area (Å²) < 4.78 is 0. The third kappa shape index (κ3) is 2.48. The van der Waals surface area contributed by atoms with E-state index in [1.54, 1.807) is 24.3 Å². The lowest BCUT2D eigenvalue weighted by atomic mass is 9.83. The van der Waals surface area contributed by atoms with Gasteiger partial charge in [0.2, 0.25) is 0 Å². The Hall–Kier alpha value is -1.39. The van der Waals surface area contributed by atoms with Crippen LogP contribution in [0.4, 0.5) is 0 Å².